The molecule has 0 aliphatic heterocycles. The van der Waals surface area contributed by atoms with Crippen LogP contribution in [0.1, 0.15) is 28.3 Å². The molecule has 0 saturated carbocycles. The van der Waals surface area contributed by atoms with Crippen LogP contribution in [0.5, 0.6) is 0 Å². The molecule has 3 N–H and O–H groups in total. The van der Waals surface area contributed by atoms with E-state index in [0.29, 0.717) is 0 Å². The van der Waals surface area contributed by atoms with E-state index in [1.807, 2.05) is 74.5 Å². The first-order valence-electron chi connectivity index (χ1n) is 8.94. The van der Waals surface area contributed by atoms with Gasteiger partial charge in [0, 0.05) is 16.8 Å². The van der Waals surface area contributed by atoms with E-state index in [0.717, 1.165) is 28.9 Å². The predicted molar refractivity (Wildman–Crippen MR) is 106 cm³/mol. The fourth-order valence-corrected chi connectivity index (χ4v) is 3.00. The zero-order chi connectivity index (χ0) is 18.4. The summed E-state index contributed by atoms with van der Waals surface area (Å²) in [5.74, 6) is 0.000770. The third-order valence-corrected chi connectivity index (χ3v) is 4.52. The number of hydrogen-bond acceptors (Lipinski definition) is 1. The van der Waals surface area contributed by atoms with E-state index in [-0.39, 0.29) is 11.9 Å². The summed E-state index contributed by atoms with van der Waals surface area (Å²) < 4.78 is 0. The number of nitrogens with one attached hydrogen (secondary N) is 1. The number of carbonyl (C=O) groups excluding carboxylic acids is 1. The Morgan fingerprint density at radius 3 is 2.27 bits per heavy atom. The summed E-state index contributed by atoms with van der Waals surface area (Å²) in [6.45, 7) is 4.80. The SMILES string of the molecule is Cc1ccc(C)c(NC(=O)[C@H]([NH2+]Cc2ccccc2)c2ccccc2)c1. The third-order valence-electron chi connectivity index (χ3n) is 4.52. The molecule has 0 aliphatic rings. The fourth-order valence-electron chi connectivity index (χ4n) is 3.00. The number of carbonyl (C=O) groups is 1. The fraction of sp³-hybridized carbons (Fsp3) is 0.174. The molecule has 3 aromatic carbocycles. The van der Waals surface area contributed by atoms with E-state index in [1.54, 1.807) is 0 Å². The second-order valence-electron chi connectivity index (χ2n) is 6.62. The van der Waals surface area contributed by atoms with E-state index in [4.69, 9.17) is 0 Å². The molecule has 0 heterocycles. The maximum absolute atomic E-state index is 13.1. The molecule has 0 radical (unpaired) electrons. The van der Waals surface area contributed by atoms with Gasteiger partial charge in [-0.2, -0.15) is 0 Å². The lowest BCUT2D eigenvalue weighted by atomic mass is 10.0. The maximum Gasteiger partial charge on any atom is 0.287 e. The van der Waals surface area contributed by atoms with Crippen molar-refractivity contribution in [2.75, 3.05) is 5.32 Å². The first kappa shape index (κ1) is 17.9. The summed E-state index contributed by atoms with van der Waals surface area (Å²) in [6, 6.07) is 26.0. The normalized spacial score (nSPS) is 11.8. The summed E-state index contributed by atoms with van der Waals surface area (Å²) in [7, 11) is 0. The van der Waals surface area contributed by atoms with Gasteiger partial charge in [0.05, 0.1) is 0 Å². The Bertz CT molecular complexity index is 860. The Morgan fingerprint density at radius 2 is 1.58 bits per heavy atom. The lowest BCUT2D eigenvalue weighted by Crippen LogP contribution is -2.85. The van der Waals surface area contributed by atoms with Gasteiger partial charge in [-0.05, 0) is 31.0 Å². The van der Waals surface area contributed by atoms with Crippen molar-refractivity contribution in [2.45, 2.75) is 26.4 Å². The Labute approximate surface area is 155 Å². The standard InChI is InChI=1S/C23H24N2O/c1-17-13-14-18(2)21(15-17)25-23(26)22(20-11-7-4-8-12-20)24-16-19-9-5-3-6-10-19/h3-15,22,24H,16H2,1-2H3,(H,25,26)/p+1/t22-/m1/s1. The highest BCUT2D eigenvalue weighted by atomic mass is 16.2. The number of rotatable bonds is 6. The molecule has 0 aliphatic carbocycles. The van der Waals surface area contributed by atoms with Crippen molar-refractivity contribution in [3.63, 3.8) is 0 Å². The Balaban J connectivity index is 1.80. The highest BCUT2D eigenvalue weighted by Gasteiger charge is 2.24. The third kappa shape index (κ3) is 4.58. The zero-order valence-electron chi connectivity index (χ0n) is 15.3. The molecule has 3 nitrogen and oxygen atoms in total. The Morgan fingerprint density at radius 1 is 0.923 bits per heavy atom. The van der Waals surface area contributed by atoms with Gasteiger partial charge < -0.3 is 10.6 Å². The number of hydrogen-bond donors (Lipinski definition) is 2. The maximum atomic E-state index is 13.1. The second kappa shape index (κ2) is 8.45. The summed E-state index contributed by atoms with van der Waals surface area (Å²) >= 11 is 0. The van der Waals surface area contributed by atoms with Crippen LogP contribution in [0, 0.1) is 13.8 Å². The molecule has 0 saturated heterocycles. The van der Waals surface area contributed by atoms with Gasteiger partial charge in [-0.25, -0.2) is 0 Å². The molecule has 0 fully saturated rings. The van der Waals surface area contributed by atoms with Gasteiger partial charge >= 0.3 is 0 Å². The molecule has 0 spiro atoms. The Hall–Kier alpha value is -2.91. The quantitative estimate of drug-likeness (QED) is 0.702. The highest BCUT2D eigenvalue weighted by molar-refractivity contribution is 5.95. The summed E-state index contributed by atoms with van der Waals surface area (Å²) in [5.41, 5.74) is 5.29. The topological polar surface area (TPSA) is 45.7 Å². The molecule has 0 aromatic heterocycles. The Kier molecular flexibility index (Phi) is 5.82. The van der Waals surface area contributed by atoms with Crippen molar-refractivity contribution in [3.8, 4) is 0 Å². The van der Waals surface area contributed by atoms with E-state index < -0.39 is 0 Å². The van der Waals surface area contributed by atoms with E-state index in [9.17, 15) is 4.79 Å². The minimum atomic E-state index is -0.295. The van der Waals surface area contributed by atoms with E-state index in [1.165, 1.54) is 5.56 Å². The number of quaternary nitrogens is 1. The van der Waals surface area contributed by atoms with E-state index in [2.05, 4.69) is 28.8 Å². The number of benzene rings is 3. The van der Waals surface area contributed by atoms with Gasteiger partial charge in [0.25, 0.3) is 5.91 Å². The minimum absolute atomic E-state index is 0.000770. The van der Waals surface area contributed by atoms with Crippen LogP contribution in [0.2, 0.25) is 0 Å². The molecule has 1 atom stereocenters. The van der Waals surface area contributed by atoms with Crippen LogP contribution in [0.3, 0.4) is 0 Å². The first-order chi connectivity index (χ1) is 12.6. The van der Waals surface area contributed by atoms with Crippen LogP contribution in [0.25, 0.3) is 0 Å². The number of anilines is 1. The smallest absolute Gasteiger partial charge is 0.287 e. The molecule has 26 heavy (non-hydrogen) atoms. The monoisotopic (exact) mass is 345 g/mol. The highest BCUT2D eigenvalue weighted by Crippen LogP contribution is 2.18. The summed E-state index contributed by atoms with van der Waals surface area (Å²) in [6.07, 6.45) is 0. The molecular weight excluding hydrogens is 320 g/mol. The minimum Gasteiger partial charge on any atom is -0.328 e. The van der Waals surface area contributed by atoms with Gasteiger partial charge in [-0.3, -0.25) is 4.79 Å². The number of nitrogens with two attached hydrogens (primary N) is 1. The number of aryl methyl sites for hydroxylation is 2. The van der Waals surface area contributed by atoms with E-state index >= 15 is 0 Å². The van der Waals surface area contributed by atoms with Crippen molar-refractivity contribution in [3.05, 3.63) is 101 Å². The second-order valence-corrected chi connectivity index (χ2v) is 6.62. The van der Waals surface area contributed by atoms with Crippen molar-refractivity contribution in [2.24, 2.45) is 0 Å². The molecule has 3 rings (SSSR count). The predicted octanol–water partition coefficient (Wildman–Crippen LogP) is 3.75. The van der Waals surface area contributed by atoms with Crippen molar-refractivity contribution < 1.29 is 10.1 Å². The van der Waals surface area contributed by atoms with Crippen LogP contribution >= 0.6 is 0 Å². The van der Waals surface area contributed by atoms with Crippen molar-refractivity contribution >= 4 is 11.6 Å². The zero-order valence-corrected chi connectivity index (χ0v) is 15.3. The largest absolute Gasteiger partial charge is 0.328 e. The van der Waals surface area contributed by atoms with Gasteiger partial charge in [0.1, 0.15) is 6.54 Å². The molecule has 3 heteroatoms. The molecule has 1 amide bonds. The van der Waals surface area contributed by atoms with Gasteiger partial charge in [0.15, 0.2) is 6.04 Å². The van der Waals surface area contributed by atoms with Crippen LogP contribution < -0.4 is 10.6 Å². The first-order valence-corrected chi connectivity index (χ1v) is 8.94. The summed E-state index contributed by atoms with van der Waals surface area (Å²) in [4.78, 5) is 13.1. The average molecular weight is 345 g/mol. The average Bonchev–Trinajstić information content (AvgIpc) is 2.66. The van der Waals surface area contributed by atoms with Crippen molar-refractivity contribution in [1.29, 1.82) is 0 Å². The van der Waals surface area contributed by atoms with Crippen molar-refractivity contribution in [1.82, 2.24) is 0 Å². The molecule has 3 aromatic rings. The van der Waals surface area contributed by atoms with Gasteiger partial charge in [-0.15, -0.1) is 0 Å². The van der Waals surface area contributed by atoms with Crippen LogP contribution in [-0.2, 0) is 11.3 Å². The molecular formula is C23H25N2O+. The lowest BCUT2D eigenvalue weighted by molar-refractivity contribution is -0.697. The summed E-state index contributed by atoms with van der Waals surface area (Å²) in [5, 5.41) is 5.20. The molecule has 0 unspecified atom stereocenters. The number of amides is 1. The molecule has 0 bridgehead atoms. The molecule has 132 valence electrons. The van der Waals surface area contributed by atoms with Gasteiger partial charge in [-0.1, -0.05) is 72.8 Å². The van der Waals surface area contributed by atoms with Crippen LogP contribution in [0.15, 0.2) is 78.9 Å². The van der Waals surface area contributed by atoms with Gasteiger partial charge in [0.2, 0.25) is 0 Å². The van der Waals surface area contributed by atoms with Crippen LogP contribution in [0.4, 0.5) is 5.69 Å². The lowest BCUT2D eigenvalue weighted by Gasteiger charge is -2.17. The van der Waals surface area contributed by atoms with Crippen LogP contribution in [-0.4, -0.2) is 5.91 Å².